The van der Waals surface area contributed by atoms with E-state index in [-0.39, 0.29) is 19.1 Å². The summed E-state index contributed by atoms with van der Waals surface area (Å²) >= 11 is 0. The molecule has 1 heterocycles. The molecule has 10 nitrogen and oxygen atoms in total. The van der Waals surface area contributed by atoms with Crippen LogP contribution in [0.1, 0.15) is 34.6 Å². The Hall–Kier alpha value is -3.30. The zero-order valence-corrected chi connectivity index (χ0v) is 18.0. The second-order valence-corrected chi connectivity index (χ2v) is 8.05. The molecule has 0 aliphatic heterocycles. The van der Waals surface area contributed by atoms with Crippen molar-refractivity contribution in [2.75, 3.05) is 30.9 Å². The molecule has 0 atom stereocenters. The quantitative estimate of drug-likeness (QED) is 0.432. The van der Waals surface area contributed by atoms with Gasteiger partial charge in [0.2, 0.25) is 11.8 Å². The Kier molecular flexibility index (Phi) is 6.91. The van der Waals surface area contributed by atoms with Crippen LogP contribution in [0.4, 0.5) is 16.4 Å². The second-order valence-electron chi connectivity index (χ2n) is 8.05. The number of aliphatic carboxylic acids is 1. The van der Waals surface area contributed by atoms with Gasteiger partial charge in [-0.2, -0.15) is 4.98 Å². The van der Waals surface area contributed by atoms with Gasteiger partial charge in [0.1, 0.15) is 24.4 Å². The highest BCUT2D eigenvalue weighted by atomic mass is 16.7. The minimum absolute atomic E-state index is 0.0285. The summed E-state index contributed by atoms with van der Waals surface area (Å²) in [6.07, 6.45) is -0.781. The van der Waals surface area contributed by atoms with Gasteiger partial charge in [-0.1, -0.05) is 0 Å². The number of carboxylic acid groups (broad SMARTS) is 1. The van der Waals surface area contributed by atoms with Crippen LogP contribution in [0.5, 0.6) is 5.88 Å². The second kappa shape index (κ2) is 9.02. The highest BCUT2D eigenvalue weighted by molar-refractivity contribution is 5.89. The lowest BCUT2D eigenvalue weighted by molar-refractivity contribution is -0.141. The minimum Gasteiger partial charge on any atom is -0.480 e. The van der Waals surface area contributed by atoms with Crippen molar-refractivity contribution in [1.29, 1.82) is 0 Å². The fourth-order valence-corrected chi connectivity index (χ4v) is 2.36. The molecule has 0 amide bonds. The molecule has 1 aromatic heterocycles. The monoisotopic (exact) mass is 420 g/mol. The number of carbonyl (C=O) groups is 2. The lowest BCUT2D eigenvalue weighted by Gasteiger charge is -2.22. The van der Waals surface area contributed by atoms with Crippen molar-refractivity contribution >= 4 is 34.7 Å². The Balaban J connectivity index is 2.17. The van der Waals surface area contributed by atoms with E-state index in [1.165, 1.54) is 0 Å². The zero-order chi connectivity index (χ0) is 22.5. The zero-order valence-electron chi connectivity index (χ0n) is 18.0. The molecule has 3 N–H and O–H groups in total. The maximum Gasteiger partial charge on any atom is 0.508 e. The van der Waals surface area contributed by atoms with Crippen molar-refractivity contribution in [3.05, 3.63) is 18.2 Å². The molecule has 1 aromatic carbocycles. The number of benzene rings is 1. The van der Waals surface area contributed by atoms with E-state index in [0.717, 1.165) is 0 Å². The fourth-order valence-electron chi connectivity index (χ4n) is 2.36. The smallest absolute Gasteiger partial charge is 0.480 e. The van der Waals surface area contributed by atoms with Crippen molar-refractivity contribution < 1.29 is 28.9 Å². The Morgan fingerprint density at radius 3 is 2.40 bits per heavy atom. The summed E-state index contributed by atoms with van der Waals surface area (Å²) in [7, 11) is 1.68. The van der Waals surface area contributed by atoms with Gasteiger partial charge < -0.3 is 30.0 Å². The fraction of sp³-hybridized carbons (Fsp3) is 0.500. The van der Waals surface area contributed by atoms with E-state index in [1.807, 2.05) is 0 Å². The summed E-state index contributed by atoms with van der Waals surface area (Å²) in [5.41, 5.74) is -0.626. The average Bonchev–Trinajstić information content (AvgIpc) is 2.63. The molecular weight excluding hydrogens is 392 g/mol. The van der Waals surface area contributed by atoms with E-state index in [2.05, 4.69) is 20.6 Å². The maximum absolute atomic E-state index is 11.6. The molecule has 0 aliphatic carbocycles. The van der Waals surface area contributed by atoms with Gasteiger partial charge >= 0.3 is 12.1 Å². The largest absolute Gasteiger partial charge is 0.508 e. The van der Waals surface area contributed by atoms with Gasteiger partial charge in [0.05, 0.1) is 10.9 Å². The van der Waals surface area contributed by atoms with E-state index >= 15 is 0 Å². The minimum atomic E-state index is -1.16. The molecule has 0 fully saturated rings. The molecule has 0 unspecified atom stereocenters. The number of nitrogens with one attached hydrogen (secondary N) is 2. The van der Waals surface area contributed by atoms with E-state index in [4.69, 9.17) is 14.2 Å². The van der Waals surface area contributed by atoms with Gasteiger partial charge in [0.25, 0.3) is 0 Å². The normalized spacial score (nSPS) is 11.7. The van der Waals surface area contributed by atoms with Crippen LogP contribution in [0.3, 0.4) is 0 Å². The maximum atomic E-state index is 11.6. The molecule has 0 spiro atoms. The third-order valence-electron chi connectivity index (χ3n) is 3.81. The van der Waals surface area contributed by atoms with E-state index in [1.54, 1.807) is 59.9 Å². The third-order valence-corrected chi connectivity index (χ3v) is 3.81. The number of aromatic nitrogens is 2. The predicted molar refractivity (Wildman–Crippen MR) is 112 cm³/mol. The molecule has 164 valence electrons. The van der Waals surface area contributed by atoms with Crippen LogP contribution in [0.25, 0.3) is 10.9 Å². The molecule has 30 heavy (non-hydrogen) atoms. The molecule has 10 heteroatoms. The summed E-state index contributed by atoms with van der Waals surface area (Å²) in [5, 5.41) is 15.7. The number of nitrogens with zero attached hydrogens (tertiary/aromatic N) is 2. The Morgan fingerprint density at radius 1 is 1.10 bits per heavy atom. The number of fused-ring (bicyclic) bond motifs is 1. The van der Waals surface area contributed by atoms with Gasteiger partial charge in [0, 0.05) is 12.7 Å². The molecular formula is C20H28N4O6. The van der Waals surface area contributed by atoms with Crippen LogP contribution in [0.2, 0.25) is 0 Å². The average molecular weight is 420 g/mol. The van der Waals surface area contributed by atoms with Gasteiger partial charge in [0.15, 0.2) is 0 Å². The standard InChI is InChI=1S/C20H28N4O6/c1-19(2,3)30-18(27)29-10-9-28-15-13-11-12(24-20(4,5)16(25)26)7-8-14(13)22-17(21-6)23-15/h7-8,11,24H,9-10H2,1-6H3,(H,25,26)(H,21,22,23). The van der Waals surface area contributed by atoms with Crippen molar-refractivity contribution in [1.82, 2.24) is 9.97 Å². The van der Waals surface area contributed by atoms with Crippen LogP contribution in [-0.2, 0) is 14.3 Å². The van der Waals surface area contributed by atoms with E-state index in [9.17, 15) is 14.7 Å². The van der Waals surface area contributed by atoms with Gasteiger partial charge in [-0.15, -0.1) is 0 Å². The molecule has 0 saturated heterocycles. The molecule has 0 aliphatic rings. The van der Waals surface area contributed by atoms with Crippen LogP contribution < -0.4 is 15.4 Å². The first kappa shape index (κ1) is 23.0. The third kappa shape index (κ3) is 6.36. The van der Waals surface area contributed by atoms with Crippen molar-refractivity contribution in [2.24, 2.45) is 0 Å². The number of rotatable bonds is 8. The number of ether oxygens (including phenoxy) is 3. The summed E-state index contributed by atoms with van der Waals surface area (Å²) in [6.45, 7) is 8.38. The SMILES string of the molecule is CNc1nc(OCCOC(=O)OC(C)(C)C)c2cc(NC(C)(C)C(=O)O)ccc2n1. The molecule has 2 aromatic rings. The Morgan fingerprint density at radius 2 is 1.80 bits per heavy atom. The first-order chi connectivity index (χ1) is 13.9. The van der Waals surface area contributed by atoms with Gasteiger partial charge in [-0.05, 0) is 52.8 Å². The number of anilines is 2. The summed E-state index contributed by atoms with van der Waals surface area (Å²) in [5.74, 6) is -0.355. The number of carboxylic acids is 1. The van der Waals surface area contributed by atoms with Crippen molar-refractivity contribution in [2.45, 2.75) is 45.8 Å². The number of hydrogen-bond acceptors (Lipinski definition) is 9. The molecule has 0 radical (unpaired) electrons. The number of hydrogen-bond donors (Lipinski definition) is 3. The first-order valence-electron chi connectivity index (χ1n) is 9.41. The van der Waals surface area contributed by atoms with Gasteiger partial charge in [-0.25, -0.2) is 14.6 Å². The lowest BCUT2D eigenvalue weighted by atomic mass is 10.1. The van der Waals surface area contributed by atoms with Crippen molar-refractivity contribution in [3.8, 4) is 5.88 Å². The lowest BCUT2D eigenvalue weighted by Crippen LogP contribution is -2.39. The van der Waals surface area contributed by atoms with Crippen LogP contribution in [0, 0.1) is 0 Å². The molecule has 2 rings (SSSR count). The molecule has 0 saturated carbocycles. The predicted octanol–water partition coefficient (Wildman–Crippen LogP) is 3.28. The van der Waals surface area contributed by atoms with E-state index in [0.29, 0.717) is 22.5 Å². The highest BCUT2D eigenvalue weighted by Crippen LogP contribution is 2.28. The van der Waals surface area contributed by atoms with E-state index < -0.39 is 23.3 Å². The van der Waals surface area contributed by atoms with Crippen LogP contribution in [0.15, 0.2) is 18.2 Å². The Bertz CT molecular complexity index is 923. The molecule has 0 bridgehead atoms. The van der Waals surface area contributed by atoms with Crippen LogP contribution >= 0.6 is 0 Å². The van der Waals surface area contributed by atoms with Crippen LogP contribution in [-0.4, -0.2) is 58.6 Å². The summed E-state index contributed by atoms with van der Waals surface area (Å²) < 4.78 is 15.8. The summed E-state index contributed by atoms with van der Waals surface area (Å²) in [4.78, 5) is 31.7. The Labute approximate surface area is 174 Å². The first-order valence-corrected chi connectivity index (χ1v) is 9.41. The van der Waals surface area contributed by atoms with Gasteiger partial charge in [-0.3, -0.25) is 0 Å². The highest BCUT2D eigenvalue weighted by Gasteiger charge is 2.27. The topological polar surface area (TPSA) is 132 Å². The number of carbonyl (C=O) groups excluding carboxylic acids is 1. The summed E-state index contributed by atoms with van der Waals surface area (Å²) in [6, 6.07) is 5.18. The van der Waals surface area contributed by atoms with Crippen molar-refractivity contribution in [3.63, 3.8) is 0 Å².